The van der Waals surface area contributed by atoms with Crippen LogP contribution < -0.4 is 5.43 Å². The first kappa shape index (κ1) is 31.2. The third-order valence-electron chi connectivity index (χ3n) is 9.05. The summed E-state index contributed by atoms with van der Waals surface area (Å²) in [7, 11) is -4.10. The molecule has 0 bridgehead atoms. The number of fused-ring (bicyclic) bond motifs is 1. The van der Waals surface area contributed by atoms with Crippen molar-refractivity contribution >= 4 is 44.4 Å². The quantitative estimate of drug-likeness (QED) is 0.186. The molecule has 1 N–H and O–H groups in total. The summed E-state index contributed by atoms with van der Waals surface area (Å²) in [5, 5.41) is 2.79. The van der Waals surface area contributed by atoms with Gasteiger partial charge < -0.3 is 0 Å². The maximum Gasteiger partial charge on any atom is 0.257 e. The Labute approximate surface area is 279 Å². The number of nitrogens with one attached hydrogen (secondary N) is 1. The number of hydrogen-bond acceptors (Lipinski definition) is 5. The number of carbonyl (C=O) groups excluding carboxylic acids is 2. The molecule has 0 spiro atoms. The van der Waals surface area contributed by atoms with E-state index in [2.05, 4.69) is 41.8 Å². The van der Waals surface area contributed by atoms with Crippen LogP contribution in [-0.4, -0.2) is 53.9 Å². The number of rotatable bonds is 9. The zero-order valence-corrected chi connectivity index (χ0v) is 27.4. The van der Waals surface area contributed by atoms with E-state index in [0.29, 0.717) is 19.4 Å². The number of amides is 2. The normalized spacial score (nSPS) is 18.9. The van der Waals surface area contributed by atoms with Crippen molar-refractivity contribution < 1.29 is 18.0 Å². The standard InChI is InChI=1S/C38H35N3O4S2/c42-36-21-12-24-40(36)39-37(43)35-26-33(27-41(35)47(44,45)34-23-22-28-13-10-11-14-29(28)25-34)46-38(30-15-4-1-5-16-30,31-17-6-2-7-18-31)32-19-8-3-9-20-32/h1-11,13-20,22-23,25,33,35H,12,21,24,26-27H2,(H,39,43)/t33-,35+/m1/s1. The molecular formula is C38H35N3O4S2. The molecule has 9 heteroatoms. The van der Waals surface area contributed by atoms with Crippen LogP contribution in [0, 0.1) is 0 Å². The van der Waals surface area contributed by atoms with Crippen LogP contribution in [0.2, 0.25) is 0 Å². The Hall–Kier alpha value is -4.44. The van der Waals surface area contributed by atoms with E-state index in [1.54, 1.807) is 30.0 Å². The van der Waals surface area contributed by atoms with Crippen LogP contribution in [0.5, 0.6) is 0 Å². The minimum absolute atomic E-state index is 0.125. The predicted molar refractivity (Wildman–Crippen MR) is 186 cm³/mol. The Morgan fingerprint density at radius 1 is 0.745 bits per heavy atom. The third-order valence-corrected chi connectivity index (χ3v) is 12.7. The summed E-state index contributed by atoms with van der Waals surface area (Å²) >= 11 is 1.67. The Balaban J connectivity index is 1.31. The third kappa shape index (κ3) is 5.95. The number of nitrogens with zero attached hydrogens (tertiary/aromatic N) is 2. The molecule has 2 amide bonds. The van der Waals surface area contributed by atoms with Gasteiger partial charge in [0.15, 0.2) is 0 Å². The van der Waals surface area contributed by atoms with Gasteiger partial charge in [0.1, 0.15) is 6.04 Å². The van der Waals surface area contributed by atoms with E-state index in [1.807, 2.05) is 78.9 Å². The van der Waals surface area contributed by atoms with Gasteiger partial charge in [0.05, 0.1) is 9.64 Å². The highest BCUT2D eigenvalue weighted by molar-refractivity contribution is 8.01. The van der Waals surface area contributed by atoms with Crippen molar-refractivity contribution in [2.45, 2.75) is 40.2 Å². The van der Waals surface area contributed by atoms with Gasteiger partial charge in [-0.15, -0.1) is 11.8 Å². The van der Waals surface area contributed by atoms with E-state index < -0.39 is 26.7 Å². The molecule has 0 saturated carbocycles. The van der Waals surface area contributed by atoms with E-state index in [0.717, 1.165) is 27.5 Å². The molecule has 7 rings (SSSR count). The fourth-order valence-corrected chi connectivity index (χ4v) is 10.4. The van der Waals surface area contributed by atoms with Crippen molar-refractivity contribution in [3.63, 3.8) is 0 Å². The van der Waals surface area contributed by atoms with E-state index in [9.17, 15) is 18.0 Å². The second kappa shape index (κ2) is 13.0. The fourth-order valence-electron chi connectivity index (χ4n) is 6.77. The highest BCUT2D eigenvalue weighted by Crippen LogP contribution is 2.52. The SMILES string of the molecule is O=C(NN1CCCC1=O)[C@@H]1C[C@@H](SC(c2ccccc2)(c2ccccc2)c2ccccc2)CN1S(=O)(=O)c1ccc2ccccc2c1. The second-order valence-corrected chi connectivity index (χ2v) is 15.4. The van der Waals surface area contributed by atoms with Gasteiger partial charge in [0, 0.05) is 24.8 Å². The van der Waals surface area contributed by atoms with Crippen molar-refractivity contribution in [2.24, 2.45) is 0 Å². The van der Waals surface area contributed by atoms with Crippen LogP contribution >= 0.6 is 11.8 Å². The van der Waals surface area contributed by atoms with E-state index >= 15 is 0 Å². The molecule has 2 aliphatic heterocycles. The van der Waals surface area contributed by atoms with E-state index in [1.165, 1.54) is 9.31 Å². The summed E-state index contributed by atoms with van der Waals surface area (Å²) < 4.78 is 29.6. The molecule has 5 aromatic carbocycles. The molecule has 0 radical (unpaired) electrons. The molecule has 0 unspecified atom stereocenters. The summed E-state index contributed by atoms with van der Waals surface area (Å²) in [6.07, 6.45) is 1.28. The Morgan fingerprint density at radius 3 is 1.85 bits per heavy atom. The molecule has 2 heterocycles. The van der Waals surface area contributed by atoms with Crippen molar-refractivity contribution in [1.29, 1.82) is 0 Å². The summed E-state index contributed by atoms with van der Waals surface area (Å²) in [5.41, 5.74) is 5.93. The van der Waals surface area contributed by atoms with Crippen molar-refractivity contribution in [1.82, 2.24) is 14.7 Å². The fraction of sp³-hybridized carbons (Fsp3) is 0.211. The number of hydrazine groups is 1. The van der Waals surface area contributed by atoms with E-state index in [4.69, 9.17) is 0 Å². The molecular weight excluding hydrogens is 627 g/mol. The van der Waals surface area contributed by atoms with Gasteiger partial charge in [-0.3, -0.25) is 20.0 Å². The molecule has 5 aromatic rings. The molecule has 0 aromatic heterocycles. The zero-order chi connectivity index (χ0) is 32.4. The van der Waals surface area contributed by atoms with Crippen molar-refractivity contribution in [3.05, 3.63) is 150 Å². The van der Waals surface area contributed by atoms with Crippen molar-refractivity contribution in [2.75, 3.05) is 13.1 Å². The van der Waals surface area contributed by atoms with Gasteiger partial charge in [0.25, 0.3) is 5.91 Å². The van der Waals surface area contributed by atoms with Crippen LogP contribution in [0.25, 0.3) is 10.8 Å². The molecule has 0 aliphatic carbocycles. The molecule has 2 fully saturated rings. The van der Waals surface area contributed by atoms with Crippen molar-refractivity contribution in [3.8, 4) is 0 Å². The number of benzene rings is 5. The average Bonchev–Trinajstić information content (AvgIpc) is 3.74. The molecule has 2 aliphatic rings. The number of hydrogen-bond donors (Lipinski definition) is 1. The number of thioether (sulfide) groups is 1. The lowest BCUT2D eigenvalue weighted by Crippen LogP contribution is -2.52. The maximum absolute atomic E-state index is 14.5. The van der Waals surface area contributed by atoms with Gasteiger partial charge in [-0.1, -0.05) is 121 Å². The maximum atomic E-state index is 14.5. The van der Waals surface area contributed by atoms with Gasteiger partial charge in [-0.25, -0.2) is 8.42 Å². The summed E-state index contributed by atoms with van der Waals surface area (Å²) in [5.74, 6) is -0.653. The lowest BCUT2D eigenvalue weighted by atomic mass is 9.84. The zero-order valence-electron chi connectivity index (χ0n) is 25.7. The molecule has 2 atom stereocenters. The van der Waals surface area contributed by atoms with Crippen LogP contribution in [0.3, 0.4) is 0 Å². The first-order valence-corrected chi connectivity index (χ1v) is 18.1. The number of carbonyl (C=O) groups is 2. The first-order valence-electron chi connectivity index (χ1n) is 15.8. The summed E-state index contributed by atoms with van der Waals surface area (Å²) in [6.45, 7) is 0.534. The first-order chi connectivity index (χ1) is 22.9. The molecule has 2 saturated heterocycles. The highest BCUT2D eigenvalue weighted by atomic mass is 32.2. The Kier molecular flexibility index (Phi) is 8.61. The number of sulfonamides is 1. The van der Waals surface area contributed by atoms with Crippen LogP contribution in [0.4, 0.5) is 0 Å². The van der Waals surface area contributed by atoms with E-state index in [-0.39, 0.29) is 29.0 Å². The molecule has 47 heavy (non-hydrogen) atoms. The van der Waals surface area contributed by atoms with Gasteiger partial charge in [-0.05, 0) is 52.4 Å². The minimum Gasteiger partial charge on any atom is -0.273 e. The van der Waals surface area contributed by atoms with Gasteiger partial charge in [-0.2, -0.15) is 4.31 Å². The summed E-state index contributed by atoms with van der Waals surface area (Å²) in [4.78, 5) is 26.5. The topological polar surface area (TPSA) is 86.8 Å². The summed E-state index contributed by atoms with van der Waals surface area (Å²) in [6, 6.07) is 42.4. The van der Waals surface area contributed by atoms with Crippen LogP contribution in [0.1, 0.15) is 36.0 Å². The van der Waals surface area contributed by atoms with Crippen LogP contribution in [0.15, 0.2) is 138 Å². The smallest absolute Gasteiger partial charge is 0.257 e. The molecule has 238 valence electrons. The average molecular weight is 662 g/mol. The van der Waals surface area contributed by atoms with Gasteiger partial charge in [0.2, 0.25) is 15.9 Å². The van der Waals surface area contributed by atoms with Gasteiger partial charge >= 0.3 is 0 Å². The Morgan fingerprint density at radius 2 is 1.30 bits per heavy atom. The Bertz CT molecular complexity index is 1910. The lowest BCUT2D eigenvalue weighted by Gasteiger charge is -2.37. The monoisotopic (exact) mass is 661 g/mol. The molecule has 7 nitrogen and oxygen atoms in total. The predicted octanol–water partition coefficient (Wildman–Crippen LogP) is 6.35. The minimum atomic E-state index is -4.10. The largest absolute Gasteiger partial charge is 0.273 e. The lowest BCUT2D eigenvalue weighted by molar-refractivity contribution is -0.139. The second-order valence-electron chi connectivity index (χ2n) is 12.0. The highest BCUT2D eigenvalue weighted by Gasteiger charge is 2.49. The van der Waals surface area contributed by atoms with Crippen LogP contribution in [-0.2, 0) is 24.4 Å².